The van der Waals surface area contributed by atoms with Crippen LogP contribution in [0.4, 0.5) is 0 Å². The Kier molecular flexibility index (Phi) is 3.78. The van der Waals surface area contributed by atoms with Crippen LogP contribution in [0.5, 0.6) is 0 Å². The first-order valence-corrected chi connectivity index (χ1v) is 7.54. The van der Waals surface area contributed by atoms with Gasteiger partial charge in [0.05, 0.1) is 18.1 Å². The number of hydrogen-bond donors (Lipinski definition) is 1. The Morgan fingerprint density at radius 3 is 2.71 bits per heavy atom. The first kappa shape index (κ1) is 12.5. The molecule has 2 rings (SSSR count). The monoisotopic (exact) mass is 260 g/mol. The third kappa shape index (κ3) is 3.50. The van der Waals surface area contributed by atoms with Crippen LogP contribution in [0.25, 0.3) is 0 Å². The molecule has 96 valence electrons. The van der Waals surface area contributed by atoms with E-state index < -0.39 is 9.84 Å². The van der Waals surface area contributed by atoms with Crippen molar-refractivity contribution in [3.8, 4) is 0 Å². The summed E-state index contributed by atoms with van der Waals surface area (Å²) >= 11 is 0. The van der Waals surface area contributed by atoms with Crippen LogP contribution < -0.4 is 0 Å². The van der Waals surface area contributed by atoms with Gasteiger partial charge >= 0.3 is 0 Å². The number of nitrogens with zero attached hydrogens (tertiary/aromatic N) is 2. The molecule has 1 aromatic rings. The molecule has 0 radical (unpaired) electrons. The molecule has 0 saturated carbocycles. The molecule has 0 spiro atoms. The van der Waals surface area contributed by atoms with Crippen molar-refractivity contribution in [2.75, 3.05) is 18.1 Å². The van der Waals surface area contributed by atoms with Crippen LogP contribution >= 0.6 is 0 Å². The maximum Gasteiger partial charge on any atom is 0.226 e. The Labute approximate surface area is 99.9 Å². The summed E-state index contributed by atoms with van der Waals surface area (Å²) in [5.41, 5.74) is 0. The van der Waals surface area contributed by atoms with Gasteiger partial charge in [-0.1, -0.05) is 5.16 Å². The second-order valence-corrected chi connectivity index (χ2v) is 6.68. The zero-order valence-corrected chi connectivity index (χ0v) is 10.3. The zero-order chi connectivity index (χ0) is 12.3. The van der Waals surface area contributed by atoms with Crippen molar-refractivity contribution >= 4 is 9.84 Å². The molecular weight excluding hydrogens is 244 g/mol. The third-order valence-corrected chi connectivity index (χ3v) is 4.70. The fourth-order valence-electron chi connectivity index (χ4n) is 1.96. The quantitative estimate of drug-likeness (QED) is 0.817. The molecule has 1 N–H and O–H groups in total. The van der Waals surface area contributed by atoms with E-state index in [0.717, 1.165) is 0 Å². The van der Waals surface area contributed by atoms with Gasteiger partial charge in [0.1, 0.15) is 9.84 Å². The van der Waals surface area contributed by atoms with E-state index in [1.54, 1.807) is 0 Å². The molecule has 0 unspecified atom stereocenters. The fourth-order valence-corrected chi connectivity index (χ4v) is 3.55. The first-order valence-electron chi connectivity index (χ1n) is 5.72. The summed E-state index contributed by atoms with van der Waals surface area (Å²) in [6.45, 7) is 0.000640. The minimum absolute atomic E-state index is 0.000640. The second kappa shape index (κ2) is 5.14. The summed E-state index contributed by atoms with van der Waals surface area (Å²) in [5, 5.41) is 12.5. The lowest BCUT2D eigenvalue weighted by Crippen LogP contribution is -2.24. The normalized spacial score (nSPS) is 20.5. The fraction of sp³-hybridized carbons (Fsp3) is 0.800. The van der Waals surface area contributed by atoms with Crippen molar-refractivity contribution in [1.29, 1.82) is 0 Å². The summed E-state index contributed by atoms with van der Waals surface area (Å²) in [4.78, 5) is 4.14. The van der Waals surface area contributed by atoms with Gasteiger partial charge in [-0.15, -0.1) is 0 Å². The Balaban J connectivity index is 1.88. The molecule has 0 aromatic carbocycles. The number of aliphatic hydroxyl groups excluding tert-OH is 1. The van der Waals surface area contributed by atoms with Crippen molar-refractivity contribution in [2.45, 2.75) is 25.7 Å². The van der Waals surface area contributed by atoms with Crippen molar-refractivity contribution in [2.24, 2.45) is 5.92 Å². The topological polar surface area (TPSA) is 93.3 Å². The molecule has 1 fully saturated rings. The maximum atomic E-state index is 11.3. The van der Waals surface area contributed by atoms with Gasteiger partial charge in [-0.05, 0) is 18.8 Å². The highest BCUT2D eigenvalue weighted by Crippen LogP contribution is 2.22. The largest absolute Gasteiger partial charge is 0.396 e. The van der Waals surface area contributed by atoms with Crippen molar-refractivity contribution in [1.82, 2.24) is 10.1 Å². The Morgan fingerprint density at radius 2 is 2.06 bits per heavy atom. The average molecular weight is 260 g/mol. The van der Waals surface area contributed by atoms with Crippen molar-refractivity contribution < 1.29 is 18.0 Å². The summed E-state index contributed by atoms with van der Waals surface area (Å²) in [5.74, 6) is 1.87. The first-order chi connectivity index (χ1) is 8.09. The summed E-state index contributed by atoms with van der Waals surface area (Å²) in [7, 11) is -2.81. The lowest BCUT2D eigenvalue weighted by atomic mass is 9.99. The minimum atomic E-state index is -2.81. The van der Waals surface area contributed by atoms with Gasteiger partial charge in [-0.3, -0.25) is 0 Å². The van der Waals surface area contributed by atoms with E-state index in [2.05, 4.69) is 10.1 Å². The average Bonchev–Trinajstić information content (AvgIpc) is 2.70. The smallest absolute Gasteiger partial charge is 0.226 e. The van der Waals surface area contributed by atoms with Crippen LogP contribution in [-0.2, 0) is 22.7 Å². The molecule has 0 aliphatic carbocycles. The Morgan fingerprint density at radius 1 is 1.35 bits per heavy atom. The molecule has 1 aromatic heterocycles. The van der Waals surface area contributed by atoms with Gasteiger partial charge in [-0.25, -0.2) is 8.42 Å². The number of sulfone groups is 1. The van der Waals surface area contributed by atoms with E-state index in [0.29, 0.717) is 43.3 Å². The van der Waals surface area contributed by atoms with Gasteiger partial charge in [-0.2, -0.15) is 4.98 Å². The molecule has 1 aliphatic rings. The van der Waals surface area contributed by atoms with Crippen LogP contribution in [-0.4, -0.2) is 41.8 Å². The predicted molar refractivity (Wildman–Crippen MR) is 60.2 cm³/mol. The van der Waals surface area contributed by atoms with E-state index >= 15 is 0 Å². The van der Waals surface area contributed by atoms with E-state index in [-0.39, 0.29) is 18.1 Å². The Hall–Kier alpha value is -0.950. The molecule has 17 heavy (non-hydrogen) atoms. The van der Waals surface area contributed by atoms with Crippen molar-refractivity contribution in [3.05, 3.63) is 11.7 Å². The highest BCUT2D eigenvalue weighted by atomic mass is 32.2. The lowest BCUT2D eigenvalue weighted by molar-refractivity contribution is 0.292. The van der Waals surface area contributed by atoms with Crippen LogP contribution in [0, 0.1) is 5.92 Å². The van der Waals surface area contributed by atoms with Crippen molar-refractivity contribution in [3.63, 3.8) is 0 Å². The standard InChI is InChI=1S/C10H16N2O4S/c13-4-1-9-11-10(16-12-9)7-8-2-5-17(14,15)6-3-8/h8,13H,1-7H2. The SMILES string of the molecule is O=S1(=O)CCC(Cc2nc(CCO)no2)CC1. The lowest BCUT2D eigenvalue weighted by Gasteiger charge is -2.19. The number of aliphatic hydroxyl groups is 1. The van der Waals surface area contributed by atoms with Gasteiger partial charge in [0.15, 0.2) is 5.82 Å². The molecule has 6 nitrogen and oxygen atoms in total. The molecule has 1 aliphatic heterocycles. The van der Waals surface area contributed by atoms with E-state index in [9.17, 15) is 8.42 Å². The highest BCUT2D eigenvalue weighted by Gasteiger charge is 2.25. The molecule has 1 saturated heterocycles. The van der Waals surface area contributed by atoms with Crippen LogP contribution in [0.15, 0.2) is 4.52 Å². The highest BCUT2D eigenvalue weighted by molar-refractivity contribution is 7.91. The second-order valence-electron chi connectivity index (χ2n) is 4.38. The summed E-state index contributed by atoms with van der Waals surface area (Å²) in [6.07, 6.45) is 2.36. The van der Waals surface area contributed by atoms with Crippen LogP contribution in [0.3, 0.4) is 0 Å². The minimum Gasteiger partial charge on any atom is -0.396 e. The summed E-state index contributed by atoms with van der Waals surface area (Å²) in [6, 6.07) is 0. The number of aromatic nitrogens is 2. The maximum absolute atomic E-state index is 11.3. The third-order valence-electron chi connectivity index (χ3n) is 2.98. The van der Waals surface area contributed by atoms with Gasteiger partial charge in [0, 0.05) is 12.8 Å². The van der Waals surface area contributed by atoms with Gasteiger partial charge < -0.3 is 9.63 Å². The zero-order valence-electron chi connectivity index (χ0n) is 9.50. The predicted octanol–water partition coefficient (Wildman–Crippen LogP) is -0.0283. The molecule has 2 heterocycles. The number of rotatable bonds is 4. The van der Waals surface area contributed by atoms with Gasteiger partial charge in [0.25, 0.3) is 0 Å². The number of hydrogen-bond acceptors (Lipinski definition) is 6. The van der Waals surface area contributed by atoms with E-state index in [4.69, 9.17) is 9.63 Å². The molecular formula is C10H16N2O4S. The van der Waals surface area contributed by atoms with Crippen LogP contribution in [0.1, 0.15) is 24.6 Å². The van der Waals surface area contributed by atoms with E-state index in [1.165, 1.54) is 0 Å². The molecule has 0 amide bonds. The molecule has 0 bridgehead atoms. The molecule has 7 heteroatoms. The Bertz CT molecular complexity index is 454. The van der Waals surface area contributed by atoms with E-state index in [1.807, 2.05) is 0 Å². The summed E-state index contributed by atoms with van der Waals surface area (Å²) < 4.78 is 27.6. The molecule has 0 atom stereocenters. The van der Waals surface area contributed by atoms with Gasteiger partial charge in [0.2, 0.25) is 5.89 Å². The van der Waals surface area contributed by atoms with Crippen LogP contribution in [0.2, 0.25) is 0 Å².